The van der Waals surface area contributed by atoms with Gasteiger partial charge < -0.3 is 16.0 Å². The lowest BCUT2D eigenvalue weighted by Crippen LogP contribution is -2.46. The minimum absolute atomic E-state index is 0.128. The van der Waals surface area contributed by atoms with Crippen LogP contribution in [0.1, 0.15) is 36.5 Å². The number of fused-ring (bicyclic) bond motifs is 5. The number of nitrogens with two attached hydrogens (primary N) is 1. The molecule has 6 nitrogen and oxygen atoms in total. The lowest BCUT2D eigenvalue weighted by atomic mass is 10.00. The Balaban J connectivity index is 1.95. The summed E-state index contributed by atoms with van der Waals surface area (Å²) >= 11 is 0. The highest BCUT2D eigenvalue weighted by Crippen LogP contribution is 2.20. The van der Waals surface area contributed by atoms with Crippen molar-refractivity contribution in [1.29, 1.82) is 0 Å². The molecule has 6 heteroatoms. The molecule has 2 atom stereocenters. The highest BCUT2D eigenvalue weighted by Gasteiger charge is 2.22. The fourth-order valence-corrected chi connectivity index (χ4v) is 4.79. The molecule has 1 saturated heterocycles. The number of nitrogens with zero attached hydrogens (tertiary/aromatic N) is 3. The van der Waals surface area contributed by atoms with E-state index in [2.05, 4.69) is 45.8 Å². The molecule has 0 spiro atoms. The Hall–Kier alpha value is -3.12. The smallest absolute Gasteiger partial charge is 0.254 e. The highest BCUT2D eigenvalue weighted by molar-refractivity contribution is 6.01. The van der Waals surface area contributed by atoms with Crippen molar-refractivity contribution in [2.24, 2.45) is 11.7 Å². The quantitative estimate of drug-likeness (QED) is 0.669. The Labute approximate surface area is 181 Å². The van der Waals surface area contributed by atoms with E-state index in [-0.39, 0.29) is 11.9 Å². The van der Waals surface area contributed by atoms with Crippen LogP contribution >= 0.6 is 0 Å². The zero-order valence-electron chi connectivity index (χ0n) is 18.1. The molecule has 3 heterocycles. The van der Waals surface area contributed by atoms with Crippen molar-refractivity contribution in [1.82, 2.24) is 19.6 Å². The Morgan fingerprint density at radius 1 is 1.29 bits per heavy atom. The third-order valence-electron chi connectivity index (χ3n) is 6.42. The maximum absolute atomic E-state index is 12.9. The van der Waals surface area contributed by atoms with Gasteiger partial charge in [0.05, 0.1) is 21.9 Å². The summed E-state index contributed by atoms with van der Waals surface area (Å²) in [4.78, 5) is 20.1. The third kappa shape index (κ3) is 3.41. The van der Waals surface area contributed by atoms with Crippen LogP contribution < -0.4 is 21.6 Å². The number of carbonyl (C=O) groups excluding carboxylic acids is 1. The van der Waals surface area contributed by atoms with Gasteiger partial charge in [-0.15, -0.1) is 0 Å². The van der Waals surface area contributed by atoms with Crippen molar-refractivity contribution in [3.05, 3.63) is 58.6 Å². The number of piperidine rings is 1. The molecule has 2 aromatic heterocycles. The SMILES string of the molecule is CNC(=O)c1cc2c(n3c1nc1ccccc13)=CCC(C)C=CC=2N1CCCC(N)C1. The summed E-state index contributed by atoms with van der Waals surface area (Å²) in [6, 6.07) is 10.3. The number of rotatable bonds is 2. The molecule has 1 amide bonds. The van der Waals surface area contributed by atoms with Gasteiger partial charge in [-0.3, -0.25) is 9.20 Å². The predicted molar refractivity (Wildman–Crippen MR) is 125 cm³/mol. The van der Waals surface area contributed by atoms with Crippen molar-refractivity contribution in [2.45, 2.75) is 32.2 Å². The molecule has 0 bridgehead atoms. The summed E-state index contributed by atoms with van der Waals surface area (Å²) < 4.78 is 2.16. The van der Waals surface area contributed by atoms with Crippen molar-refractivity contribution < 1.29 is 4.79 Å². The van der Waals surface area contributed by atoms with E-state index in [0.717, 1.165) is 59.7 Å². The summed E-state index contributed by atoms with van der Waals surface area (Å²) in [7, 11) is 1.67. The summed E-state index contributed by atoms with van der Waals surface area (Å²) in [6.07, 6.45) is 9.85. The van der Waals surface area contributed by atoms with E-state index in [9.17, 15) is 4.79 Å². The van der Waals surface area contributed by atoms with Crippen LogP contribution in [-0.2, 0) is 0 Å². The van der Waals surface area contributed by atoms with Gasteiger partial charge in [0.1, 0.15) is 0 Å². The molecule has 0 saturated carbocycles. The van der Waals surface area contributed by atoms with Crippen LogP contribution in [0.5, 0.6) is 0 Å². The third-order valence-corrected chi connectivity index (χ3v) is 6.42. The van der Waals surface area contributed by atoms with E-state index in [1.165, 1.54) is 0 Å². The average Bonchev–Trinajstić information content (AvgIpc) is 3.15. The van der Waals surface area contributed by atoms with Gasteiger partial charge in [-0.1, -0.05) is 31.2 Å². The summed E-state index contributed by atoms with van der Waals surface area (Å²) in [5, 5.41) is 4.96. The van der Waals surface area contributed by atoms with Crippen LogP contribution in [0.15, 0.2) is 42.5 Å². The molecular weight excluding hydrogens is 386 g/mol. The molecule has 5 rings (SSSR count). The maximum Gasteiger partial charge on any atom is 0.254 e. The predicted octanol–water partition coefficient (Wildman–Crippen LogP) is 1.75. The van der Waals surface area contributed by atoms with Crippen LogP contribution in [0.2, 0.25) is 0 Å². The molecule has 1 aliphatic carbocycles. The molecule has 0 radical (unpaired) electrons. The average molecular weight is 416 g/mol. The second-order valence-corrected chi connectivity index (χ2v) is 8.71. The van der Waals surface area contributed by atoms with Crippen LogP contribution in [0.4, 0.5) is 0 Å². The van der Waals surface area contributed by atoms with Crippen LogP contribution in [0, 0.1) is 5.92 Å². The van der Waals surface area contributed by atoms with E-state index < -0.39 is 0 Å². The number of likely N-dealkylation sites (tertiary alicyclic amines) is 1. The number of nitrogens with one attached hydrogen (secondary N) is 1. The van der Waals surface area contributed by atoms with Crippen LogP contribution in [0.3, 0.4) is 0 Å². The molecule has 1 fully saturated rings. The molecule has 2 unspecified atom stereocenters. The molecule has 1 aromatic carbocycles. The summed E-state index contributed by atoms with van der Waals surface area (Å²) in [5.74, 6) is 0.294. The molecule has 3 aromatic rings. The monoisotopic (exact) mass is 415 g/mol. The molecule has 2 aliphatic rings. The fraction of sp³-hybridized carbons (Fsp3) is 0.360. The van der Waals surface area contributed by atoms with E-state index in [1.807, 2.05) is 24.3 Å². The van der Waals surface area contributed by atoms with Gasteiger partial charge in [-0.25, -0.2) is 4.98 Å². The summed E-state index contributed by atoms with van der Waals surface area (Å²) in [6.45, 7) is 4.03. The van der Waals surface area contributed by atoms with Crippen LogP contribution in [0.25, 0.3) is 28.5 Å². The molecule has 31 heavy (non-hydrogen) atoms. The zero-order chi connectivity index (χ0) is 21.5. The van der Waals surface area contributed by atoms with Crippen molar-refractivity contribution in [3.8, 4) is 0 Å². The Morgan fingerprint density at radius 2 is 2.13 bits per heavy atom. The minimum Gasteiger partial charge on any atom is -0.369 e. The first kappa shape index (κ1) is 19.8. The number of imidazole rings is 1. The van der Waals surface area contributed by atoms with Gasteiger partial charge in [0.15, 0.2) is 5.65 Å². The molecular formula is C25H29N5O. The van der Waals surface area contributed by atoms with Gasteiger partial charge in [0, 0.05) is 37.1 Å². The van der Waals surface area contributed by atoms with E-state index in [0.29, 0.717) is 17.1 Å². The van der Waals surface area contributed by atoms with Gasteiger partial charge >= 0.3 is 0 Å². The number of hydrogen-bond donors (Lipinski definition) is 2. The first-order valence-electron chi connectivity index (χ1n) is 11.1. The van der Waals surface area contributed by atoms with Gasteiger partial charge in [-0.2, -0.15) is 0 Å². The van der Waals surface area contributed by atoms with Crippen molar-refractivity contribution >= 4 is 34.4 Å². The number of para-hydroxylation sites is 2. The second-order valence-electron chi connectivity index (χ2n) is 8.71. The molecule has 1 aliphatic heterocycles. The van der Waals surface area contributed by atoms with Gasteiger partial charge in [-0.05, 0) is 49.5 Å². The highest BCUT2D eigenvalue weighted by atomic mass is 16.1. The second kappa shape index (κ2) is 7.85. The minimum atomic E-state index is -0.128. The normalized spacial score (nSPS) is 21.5. The van der Waals surface area contributed by atoms with Gasteiger partial charge in [0.2, 0.25) is 0 Å². The largest absolute Gasteiger partial charge is 0.369 e. The first-order valence-corrected chi connectivity index (χ1v) is 11.1. The number of benzene rings is 1. The Kier molecular flexibility index (Phi) is 5.02. The standard InChI is InChI=1S/C25H29N5O/c1-16-9-11-21(29-13-5-6-17(26)15-29)18-14-19(25(31)27-2)24-28-20-7-3-4-8-23(20)30(24)22(18)12-10-16/h3-4,7-9,11-12,14,16-17H,5-6,10,13,15,26H2,1-2H3,(H,27,31). The Morgan fingerprint density at radius 3 is 2.94 bits per heavy atom. The lowest BCUT2D eigenvalue weighted by molar-refractivity contribution is 0.0964. The fourth-order valence-electron chi connectivity index (χ4n) is 4.79. The number of allylic oxidation sites excluding steroid dienone is 1. The first-order chi connectivity index (χ1) is 15.1. The topological polar surface area (TPSA) is 75.7 Å². The van der Waals surface area contributed by atoms with Crippen LogP contribution in [-0.4, -0.2) is 46.4 Å². The maximum atomic E-state index is 12.9. The lowest BCUT2D eigenvalue weighted by Gasteiger charge is -2.34. The number of pyridine rings is 1. The zero-order valence-corrected chi connectivity index (χ0v) is 18.1. The van der Waals surface area contributed by atoms with E-state index >= 15 is 0 Å². The van der Waals surface area contributed by atoms with Crippen molar-refractivity contribution in [2.75, 3.05) is 20.1 Å². The number of amides is 1. The van der Waals surface area contributed by atoms with E-state index in [1.54, 1.807) is 7.05 Å². The van der Waals surface area contributed by atoms with Crippen molar-refractivity contribution in [3.63, 3.8) is 0 Å². The molecule has 160 valence electrons. The van der Waals surface area contributed by atoms with E-state index in [4.69, 9.17) is 10.7 Å². The Bertz CT molecular complexity index is 1320. The van der Waals surface area contributed by atoms with Gasteiger partial charge in [0.25, 0.3) is 5.91 Å². The molecule has 3 N–H and O–H groups in total. The number of carbonyl (C=O) groups is 1. The summed E-state index contributed by atoms with van der Waals surface area (Å²) in [5.41, 5.74) is 10.7. The number of aromatic nitrogens is 2. The number of hydrogen-bond acceptors (Lipinski definition) is 4.